The summed E-state index contributed by atoms with van der Waals surface area (Å²) in [6, 6.07) is 7.38. The number of benzene rings is 1. The molecule has 1 aromatic rings. The molecule has 1 aromatic carbocycles. The van der Waals surface area contributed by atoms with Gasteiger partial charge in [-0.1, -0.05) is 18.2 Å². The molecule has 1 aliphatic heterocycles. The van der Waals surface area contributed by atoms with Crippen LogP contribution in [-0.4, -0.2) is 46.4 Å². The topological polar surface area (TPSA) is 60.9 Å². The van der Waals surface area contributed by atoms with E-state index in [1.807, 2.05) is 11.0 Å². The number of hydrogen-bond donors (Lipinski definition) is 1. The van der Waals surface area contributed by atoms with Crippen molar-refractivity contribution in [2.24, 2.45) is 5.92 Å². The van der Waals surface area contributed by atoms with Crippen molar-refractivity contribution in [3.63, 3.8) is 0 Å². The van der Waals surface area contributed by atoms with E-state index in [2.05, 4.69) is 0 Å². The lowest BCUT2D eigenvalue weighted by atomic mass is 10.1. The molecule has 5 heteroatoms. The molecule has 2 fully saturated rings. The summed E-state index contributed by atoms with van der Waals surface area (Å²) in [5.41, 5.74) is 0.719. The third-order valence-electron chi connectivity index (χ3n) is 4.27. The first kappa shape index (κ1) is 13.9. The third-order valence-corrected chi connectivity index (χ3v) is 4.27. The fourth-order valence-electron chi connectivity index (χ4n) is 2.93. The van der Waals surface area contributed by atoms with Gasteiger partial charge in [0.05, 0.1) is 5.92 Å². The summed E-state index contributed by atoms with van der Waals surface area (Å²) in [4.78, 5) is 27.8. The van der Waals surface area contributed by atoms with Crippen molar-refractivity contribution in [1.29, 1.82) is 0 Å². The van der Waals surface area contributed by atoms with Crippen LogP contribution in [-0.2, 0) is 16.1 Å². The van der Waals surface area contributed by atoms with E-state index in [1.54, 1.807) is 30.1 Å². The summed E-state index contributed by atoms with van der Waals surface area (Å²) in [5.74, 6) is 0.0368. The zero-order valence-corrected chi connectivity index (χ0v) is 12.2. The number of rotatable bonds is 4. The fourth-order valence-corrected chi connectivity index (χ4v) is 2.93. The van der Waals surface area contributed by atoms with Gasteiger partial charge in [-0.2, -0.15) is 0 Å². The smallest absolute Gasteiger partial charge is 0.228 e. The summed E-state index contributed by atoms with van der Waals surface area (Å²) in [6.07, 6.45) is 2.46. The molecule has 5 nitrogen and oxygen atoms in total. The number of carbonyl (C=O) groups excluding carboxylic acids is 2. The Morgan fingerprint density at radius 1 is 1.38 bits per heavy atom. The minimum atomic E-state index is -0.242. The molecule has 1 atom stereocenters. The maximum Gasteiger partial charge on any atom is 0.228 e. The molecular formula is C16H20N2O3. The van der Waals surface area contributed by atoms with Crippen molar-refractivity contribution in [3.8, 4) is 5.75 Å². The molecule has 0 aromatic heterocycles. The van der Waals surface area contributed by atoms with Crippen molar-refractivity contribution in [3.05, 3.63) is 29.8 Å². The highest BCUT2D eigenvalue weighted by Gasteiger charge is 2.42. The van der Waals surface area contributed by atoms with Gasteiger partial charge in [-0.15, -0.1) is 0 Å². The molecule has 112 valence electrons. The molecule has 1 saturated carbocycles. The van der Waals surface area contributed by atoms with Crippen LogP contribution < -0.4 is 0 Å². The van der Waals surface area contributed by atoms with Crippen LogP contribution in [0.2, 0.25) is 0 Å². The first-order valence-corrected chi connectivity index (χ1v) is 7.37. The second kappa shape index (κ2) is 5.39. The van der Waals surface area contributed by atoms with Gasteiger partial charge < -0.3 is 14.9 Å². The molecule has 2 aliphatic rings. The lowest BCUT2D eigenvalue weighted by Gasteiger charge is -2.22. The summed E-state index contributed by atoms with van der Waals surface area (Å²) in [6.45, 7) is 0.910. The van der Waals surface area contributed by atoms with Gasteiger partial charge in [-0.3, -0.25) is 9.59 Å². The van der Waals surface area contributed by atoms with Crippen molar-refractivity contribution >= 4 is 11.8 Å². The Labute approximate surface area is 124 Å². The predicted molar refractivity (Wildman–Crippen MR) is 77.4 cm³/mol. The quantitative estimate of drug-likeness (QED) is 0.910. The number of aromatic hydroxyl groups is 1. The van der Waals surface area contributed by atoms with E-state index in [0.29, 0.717) is 25.6 Å². The molecule has 1 saturated heterocycles. The van der Waals surface area contributed by atoms with E-state index >= 15 is 0 Å². The van der Waals surface area contributed by atoms with Crippen molar-refractivity contribution < 1.29 is 14.7 Å². The predicted octanol–water partition coefficient (Wildman–Crippen LogP) is 1.36. The maximum absolute atomic E-state index is 12.5. The number of hydrogen-bond acceptors (Lipinski definition) is 3. The second-order valence-corrected chi connectivity index (χ2v) is 6.00. The summed E-state index contributed by atoms with van der Waals surface area (Å²) < 4.78 is 0. The van der Waals surface area contributed by atoms with Crippen LogP contribution in [0.1, 0.15) is 24.8 Å². The molecule has 3 rings (SSSR count). The number of nitrogens with zero attached hydrogens (tertiary/aromatic N) is 2. The Morgan fingerprint density at radius 3 is 2.76 bits per heavy atom. The number of phenols is 1. The second-order valence-electron chi connectivity index (χ2n) is 6.00. The van der Waals surface area contributed by atoms with E-state index < -0.39 is 0 Å². The van der Waals surface area contributed by atoms with Gasteiger partial charge in [-0.05, 0) is 18.9 Å². The van der Waals surface area contributed by atoms with Crippen LogP contribution >= 0.6 is 0 Å². The minimum Gasteiger partial charge on any atom is -0.508 e. The van der Waals surface area contributed by atoms with Crippen LogP contribution in [0, 0.1) is 5.92 Å². The highest BCUT2D eigenvalue weighted by atomic mass is 16.3. The van der Waals surface area contributed by atoms with Crippen molar-refractivity contribution in [2.75, 3.05) is 13.6 Å². The minimum absolute atomic E-state index is 0.0187. The summed E-state index contributed by atoms with van der Waals surface area (Å²) >= 11 is 0. The van der Waals surface area contributed by atoms with Crippen LogP contribution in [0.4, 0.5) is 0 Å². The molecule has 0 radical (unpaired) electrons. The van der Waals surface area contributed by atoms with E-state index in [-0.39, 0.29) is 23.5 Å². The lowest BCUT2D eigenvalue weighted by Crippen LogP contribution is -2.34. The van der Waals surface area contributed by atoms with Gasteiger partial charge in [0.1, 0.15) is 5.75 Å². The zero-order valence-electron chi connectivity index (χ0n) is 12.2. The molecular weight excluding hydrogens is 268 g/mol. The third kappa shape index (κ3) is 2.86. The molecule has 0 bridgehead atoms. The Kier molecular flexibility index (Phi) is 3.57. The normalized spacial score (nSPS) is 21.7. The highest BCUT2D eigenvalue weighted by molar-refractivity contribution is 5.89. The first-order valence-electron chi connectivity index (χ1n) is 7.37. The molecule has 0 spiro atoms. The Morgan fingerprint density at radius 2 is 2.10 bits per heavy atom. The average Bonchev–Trinajstić information content (AvgIpc) is 3.23. The van der Waals surface area contributed by atoms with Gasteiger partial charge in [0.2, 0.25) is 11.8 Å². The van der Waals surface area contributed by atoms with Gasteiger partial charge in [-0.25, -0.2) is 0 Å². The van der Waals surface area contributed by atoms with Crippen LogP contribution in [0.15, 0.2) is 24.3 Å². The molecule has 0 unspecified atom stereocenters. The van der Waals surface area contributed by atoms with Gasteiger partial charge in [0, 0.05) is 38.2 Å². The Hall–Kier alpha value is -2.04. The standard InChI is InChI=1S/C16H20N2O3/c1-17(9-11-4-2-3-5-14(11)19)16(21)12-8-15(20)18(10-12)13-6-7-13/h2-5,12-13,19H,6-10H2,1H3/t12-/m0/s1. The first-order chi connectivity index (χ1) is 10.1. The molecule has 1 heterocycles. The summed E-state index contributed by atoms with van der Waals surface area (Å²) in [7, 11) is 1.72. The number of amides is 2. The van der Waals surface area contributed by atoms with Crippen LogP contribution in [0.3, 0.4) is 0 Å². The van der Waals surface area contributed by atoms with Gasteiger partial charge in [0.25, 0.3) is 0 Å². The zero-order chi connectivity index (χ0) is 15.0. The highest BCUT2D eigenvalue weighted by Crippen LogP contribution is 2.33. The van der Waals surface area contributed by atoms with E-state index in [1.165, 1.54) is 0 Å². The van der Waals surface area contributed by atoms with Crippen LogP contribution in [0.5, 0.6) is 5.75 Å². The lowest BCUT2D eigenvalue weighted by molar-refractivity contribution is -0.135. The van der Waals surface area contributed by atoms with Gasteiger partial charge >= 0.3 is 0 Å². The largest absolute Gasteiger partial charge is 0.508 e. The molecule has 1 N–H and O–H groups in total. The van der Waals surface area contributed by atoms with Crippen molar-refractivity contribution in [2.45, 2.75) is 31.8 Å². The number of carbonyl (C=O) groups is 2. The number of para-hydroxylation sites is 1. The number of likely N-dealkylation sites (tertiary alicyclic amines) is 1. The number of phenolic OH excluding ortho intramolecular Hbond substituents is 1. The van der Waals surface area contributed by atoms with E-state index in [0.717, 1.165) is 18.4 Å². The van der Waals surface area contributed by atoms with E-state index in [4.69, 9.17) is 0 Å². The Balaban J connectivity index is 1.62. The average molecular weight is 288 g/mol. The summed E-state index contributed by atoms with van der Waals surface area (Å²) in [5, 5.41) is 9.77. The monoisotopic (exact) mass is 288 g/mol. The van der Waals surface area contributed by atoms with Crippen LogP contribution in [0.25, 0.3) is 0 Å². The van der Waals surface area contributed by atoms with E-state index in [9.17, 15) is 14.7 Å². The maximum atomic E-state index is 12.5. The van der Waals surface area contributed by atoms with Crippen molar-refractivity contribution in [1.82, 2.24) is 9.80 Å². The molecule has 1 aliphatic carbocycles. The molecule has 21 heavy (non-hydrogen) atoms. The SMILES string of the molecule is CN(Cc1ccccc1O)C(=O)[C@H]1CC(=O)N(C2CC2)C1. The molecule has 2 amide bonds. The Bertz CT molecular complexity index is 568. The van der Waals surface area contributed by atoms with Gasteiger partial charge in [0.15, 0.2) is 0 Å². The fraction of sp³-hybridized carbons (Fsp3) is 0.500.